The number of fused-ring (bicyclic) bond motifs is 1. The molecule has 0 fully saturated rings. The highest BCUT2D eigenvalue weighted by molar-refractivity contribution is 5.91. The molecule has 0 radical (unpaired) electrons. The van der Waals surface area contributed by atoms with E-state index < -0.39 is 6.04 Å². The van der Waals surface area contributed by atoms with E-state index in [4.69, 9.17) is 9.40 Å². The van der Waals surface area contributed by atoms with Crippen LogP contribution in [0, 0.1) is 6.92 Å². The van der Waals surface area contributed by atoms with Gasteiger partial charge in [0.15, 0.2) is 5.76 Å². The minimum atomic E-state index is -0.395. The van der Waals surface area contributed by atoms with Crippen LogP contribution in [-0.4, -0.2) is 26.9 Å². The first-order valence-electron chi connectivity index (χ1n) is 12.0. The number of unbranched alkanes of at least 4 members (excludes halogenated alkanes) is 2. The Hall–Kier alpha value is -3.67. The fourth-order valence-corrected chi connectivity index (χ4v) is 4.33. The SMILES string of the molecule is CCCCCN(C(=O)c1ccco1)C(CC)c1nc2ccccc2c(=O)n1-c1ccc(C)cc1. The molecule has 6 heteroatoms. The summed E-state index contributed by atoms with van der Waals surface area (Å²) in [4.78, 5) is 34.0. The van der Waals surface area contributed by atoms with Crippen LogP contribution < -0.4 is 5.56 Å². The Morgan fingerprint density at radius 2 is 1.79 bits per heavy atom. The average Bonchev–Trinajstić information content (AvgIpc) is 3.39. The van der Waals surface area contributed by atoms with E-state index in [-0.39, 0.29) is 11.5 Å². The second-order valence-corrected chi connectivity index (χ2v) is 8.57. The third-order valence-electron chi connectivity index (χ3n) is 6.15. The van der Waals surface area contributed by atoms with Crippen LogP contribution in [0.5, 0.6) is 0 Å². The van der Waals surface area contributed by atoms with Crippen LogP contribution in [-0.2, 0) is 0 Å². The van der Waals surface area contributed by atoms with Crippen molar-refractivity contribution in [3.8, 4) is 5.69 Å². The molecule has 4 rings (SSSR count). The summed E-state index contributed by atoms with van der Waals surface area (Å²) >= 11 is 0. The monoisotopic (exact) mass is 457 g/mol. The van der Waals surface area contributed by atoms with Crippen LogP contribution in [0.25, 0.3) is 16.6 Å². The van der Waals surface area contributed by atoms with Gasteiger partial charge in [-0.1, -0.05) is 56.5 Å². The lowest BCUT2D eigenvalue weighted by Gasteiger charge is -2.32. The van der Waals surface area contributed by atoms with Crippen LogP contribution in [0.2, 0.25) is 0 Å². The van der Waals surface area contributed by atoms with Gasteiger partial charge in [-0.05, 0) is 56.2 Å². The van der Waals surface area contributed by atoms with Crippen molar-refractivity contribution in [2.24, 2.45) is 0 Å². The number of furan rings is 1. The molecule has 2 aromatic heterocycles. The predicted octanol–water partition coefficient (Wildman–Crippen LogP) is 6.07. The first-order valence-corrected chi connectivity index (χ1v) is 12.0. The van der Waals surface area contributed by atoms with Crippen molar-refractivity contribution in [3.63, 3.8) is 0 Å². The molecular formula is C28H31N3O3. The number of carbonyl (C=O) groups excluding carboxylic acids is 1. The Bertz CT molecular complexity index is 1310. The largest absolute Gasteiger partial charge is 0.459 e. The number of para-hydroxylation sites is 1. The third kappa shape index (κ3) is 4.67. The van der Waals surface area contributed by atoms with Crippen molar-refractivity contribution in [1.82, 2.24) is 14.5 Å². The normalized spacial score (nSPS) is 12.1. The highest BCUT2D eigenvalue weighted by Crippen LogP contribution is 2.28. The molecule has 176 valence electrons. The van der Waals surface area contributed by atoms with Gasteiger partial charge in [-0.15, -0.1) is 0 Å². The lowest BCUT2D eigenvalue weighted by Crippen LogP contribution is -2.39. The maximum atomic E-state index is 13.7. The maximum absolute atomic E-state index is 13.7. The first-order chi connectivity index (χ1) is 16.5. The summed E-state index contributed by atoms with van der Waals surface area (Å²) in [7, 11) is 0. The molecule has 2 aromatic carbocycles. The molecule has 0 aliphatic carbocycles. The van der Waals surface area contributed by atoms with E-state index >= 15 is 0 Å². The van der Waals surface area contributed by atoms with E-state index in [9.17, 15) is 9.59 Å². The number of hydrogen-bond acceptors (Lipinski definition) is 4. The van der Waals surface area contributed by atoms with Crippen LogP contribution in [0.15, 0.2) is 76.1 Å². The van der Waals surface area contributed by atoms with E-state index in [2.05, 4.69) is 6.92 Å². The summed E-state index contributed by atoms with van der Waals surface area (Å²) in [5.74, 6) is 0.664. The molecule has 1 atom stereocenters. The van der Waals surface area contributed by atoms with Crippen LogP contribution in [0.4, 0.5) is 0 Å². The predicted molar refractivity (Wildman–Crippen MR) is 134 cm³/mol. The van der Waals surface area contributed by atoms with Crippen LogP contribution in [0.3, 0.4) is 0 Å². The second-order valence-electron chi connectivity index (χ2n) is 8.57. The Balaban J connectivity index is 1.91. The van der Waals surface area contributed by atoms with Gasteiger partial charge in [-0.3, -0.25) is 14.2 Å². The molecule has 34 heavy (non-hydrogen) atoms. The fraction of sp³-hybridized carbons (Fsp3) is 0.321. The number of carbonyl (C=O) groups is 1. The van der Waals surface area contributed by atoms with Gasteiger partial charge in [-0.25, -0.2) is 4.98 Å². The molecule has 1 unspecified atom stereocenters. The molecule has 2 heterocycles. The molecule has 0 N–H and O–H groups in total. The summed E-state index contributed by atoms with van der Waals surface area (Å²) in [6.45, 7) is 6.73. The lowest BCUT2D eigenvalue weighted by molar-refractivity contribution is 0.0622. The molecule has 0 spiro atoms. The Labute approximate surface area is 199 Å². The van der Waals surface area contributed by atoms with Crippen molar-refractivity contribution >= 4 is 16.8 Å². The molecule has 0 bridgehead atoms. The Morgan fingerprint density at radius 1 is 1.03 bits per heavy atom. The number of aryl methyl sites for hydroxylation is 1. The van der Waals surface area contributed by atoms with E-state index in [1.54, 1.807) is 22.8 Å². The zero-order chi connectivity index (χ0) is 24.1. The second kappa shape index (κ2) is 10.5. The minimum absolute atomic E-state index is 0.137. The van der Waals surface area contributed by atoms with Crippen LogP contribution >= 0.6 is 0 Å². The Kier molecular flexibility index (Phi) is 7.26. The van der Waals surface area contributed by atoms with Gasteiger partial charge in [0.25, 0.3) is 11.5 Å². The van der Waals surface area contributed by atoms with E-state index in [0.717, 1.165) is 30.5 Å². The van der Waals surface area contributed by atoms with Crippen molar-refractivity contribution in [1.29, 1.82) is 0 Å². The summed E-state index contributed by atoms with van der Waals surface area (Å²) in [6.07, 6.45) is 5.03. The van der Waals surface area contributed by atoms with Gasteiger partial charge in [-0.2, -0.15) is 0 Å². The molecule has 6 nitrogen and oxygen atoms in total. The lowest BCUT2D eigenvalue weighted by atomic mass is 10.1. The number of amides is 1. The summed E-state index contributed by atoms with van der Waals surface area (Å²) in [6, 6.07) is 18.2. The third-order valence-corrected chi connectivity index (χ3v) is 6.15. The Morgan fingerprint density at radius 3 is 2.47 bits per heavy atom. The standard InChI is InChI=1S/C28H31N3O3/c1-4-6-9-18-30(28(33)25-13-10-19-34-25)24(5-2)26-29-23-12-8-7-11-22(23)27(32)31(26)21-16-14-20(3)15-17-21/h7-8,10-17,19,24H,4-6,9,18H2,1-3H3. The number of rotatable bonds is 9. The molecule has 0 aliphatic heterocycles. The molecule has 0 aliphatic rings. The van der Waals surface area contributed by atoms with E-state index in [1.165, 1.54) is 6.26 Å². The fourth-order valence-electron chi connectivity index (χ4n) is 4.33. The smallest absolute Gasteiger partial charge is 0.290 e. The van der Waals surface area contributed by atoms with Crippen molar-refractivity contribution in [2.75, 3.05) is 6.54 Å². The number of nitrogens with zero attached hydrogens (tertiary/aromatic N) is 3. The van der Waals surface area contributed by atoms with Crippen molar-refractivity contribution < 1.29 is 9.21 Å². The molecule has 0 saturated carbocycles. The van der Waals surface area contributed by atoms with Crippen molar-refractivity contribution in [2.45, 2.75) is 52.5 Å². The average molecular weight is 458 g/mol. The van der Waals surface area contributed by atoms with Crippen molar-refractivity contribution in [3.05, 3.63) is 94.4 Å². The zero-order valence-electron chi connectivity index (χ0n) is 20.0. The molecule has 4 aromatic rings. The number of hydrogen-bond donors (Lipinski definition) is 0. The maximum Gasteiger partial charge on any atom is 0.290 e. The topological polar surface area (TPSA) is 68.3 Å². The highest BCUT2D eigenvalue weighted by Gasteiger charge is 2.30. The summed E-state index contributed by atoms with van der Waals surface area (Å²) in [5.41, 5.74) is 2.33. The number of aromatic nitrogens is 2. The summed E-state index contributed by atoms with van der Waals surface area (Å²) < 4.78 is 7.12. The first kappa shape index (κ1) is 23.5. The van der Waals surface area contributed by atoms with Gasteiger partial charge in [0.2, 0.25) is 0 Å². The van der Waals surface area contributed by atoms with E-state index in [0.29, 0.717) is 35.5 Å². The summed E-state index contributed by atoms with van der Waals surface area (Å²) in [5, 5.41) is 0.552. The van der Waals surface area contributed by atoms with E-state index in [1.807, 2.05) is 61.2 Å². The quantitative estimate of drug-likeness (QED) is 0.286. The zero-order valence-corrected chi connectivity index (χ0v) is 20.0. The molecule has 0 saturated heterocycles. The minimum Gasteiger partial charge on any atom is -0.459 e. The molecular weight excluding hydrogens is 426 g/mol. The van der Waals surface area contributed by atoms with Gasteiger partial charge in [0.05, 0.1) is 28.9 Å². The number of benzene rings is 2. The van der Waals surface area contributed by atoms with Crippen LogP contribution in [0.1, 0.15) is 67.5 Å². The van der Waals surface area contributed by atoms with Gasteiger partial charge >= 0.3 is 0 Å². The van der Waals surface area contributed by atoms with Gasteiger partial charge in [0.1, 0.15) is 5.82 Å². The van der Waals surface area contributed by atoms with Gasteiger partial charge in [0, 0.05) is 6.54 Å². The highest BCUT2D eigenvalue weighted by atomic mass is 16.3. The van der Waals surface area contributed by atoms with Gasteiger partial charge < -0.3 is 9.32 Å². The molecule has 1 amide bonds.